The van der Waals surface area contributed by atoms with Crippen LogP contribution in [0.5, 0.6) is 0 Å². The van der Waals surface area contributed by atoms with Crippen LogP contribution in [-0.2, 0) is 11.2 Å². The number of thiol groups is 1. The van der Waals surface area contributed by atoms with E-state index in [9.17, 15) is 19.7 Å². The number of alkyl halides is 3. The molecule has 172 valence electrons. The lowest BCUT2D eigenvalue weighted by Crippen LogP contribution is -2.55. The van der Waals surface area contributed by atoms with E-state index in [0.29, 0.717) is 4.31 Å². The van der Waals surface area contributed by atoms with Gasteiger partial charge in [0.25, 0.3) is 5.69 Å². The average molecular weight is 528 g/mol. The minimum atomic E-state index is -2.13. The molecule has 0 fully saturated rings. The zero-order valence-electron chi connectivity index (χ0n) is 16.7. The molecule has 1 atom stereocenters. The Labute approximate surface area is 209 Å². The van der Waals surface area contributed by atoms with Gasteiger partial charge in [-0.2, -0.15) is 0 Å². The van der Waals surface area contributed by atoms with Crippen molar-refractivity contribution in [3.05, 3.63) is 82.4 Å². The zero-order chi connectivity index (χ0) is 24.2. The fourth-order valence-electron chi connectivity index (χ4n) is 3.10. The van der Waals surface area contributed by atoms with Gasteiger partial charge in [-0.3, -0.25) is 14.9 Å². The molecule has 3 rings (SSSR count). The summed E-state index contributed by atoms with van der Waals surface area (Å²) in [6, 6.07) is 17.5. The number of urea groups is 1. The summed E-state index contributed by atoms with van der Waals surface area (Å²) in [7, 11) is 0. The molecule has 0 aliphatic rings. The van der Waals surface area contributed by atoms with Gasteiger partial charge in [-0.1, -0.05) is 96.1 Å². The second-order valence-corrected chi connectivity index (χ2v) is 9.71. The number of halogens is 3. The maximum absolute atomic E-state index is 12.8. The topological polar surface area (TPSA) is 105 Å². The van der Waals surface area contributed by atoms with Crippen LogP contribution < -0.4 is 10.6 Å². The van der Waals surface area contributed by atoms with E-state index in [4.69, 9.17) is 34.8 Å². The number of non-ortho nitro benzene ring substituents is 1. The molecule has 3 aromatic carbocycles. The van der Waals surface area contributed by atoms with Crippen LogP contribution in [0.2, 0.25) is 0 Å². The van der Waals surface area contributed by atoms with Crippen molar-refractivity contribution in [1.29, 1.82) is 0 Å². The standard InChI is InChI=1S/C21H17Cl3N4O4S/c22-21(23,24)19(27(33)20(30)25-15-8-4-9-16(12-15)28(31)32)26-18(29)11-14-7-3-6-13-5-1-2-10-17(13)14/h1-10,12,19,33H,11H2,(H,25,30)(H,26,29). The predicted molar refractivity (Wildman–Crippen MR) is 133 cm³/mol. The summed E-state index contributed by atoms with van der Waals surface area (Å²) in [5.74, 6) is -0.509. The maximum atomic E-state index is 12.8. The highest BCUT2D eigenvalue weighted by Gasteiger charge is 2.40. The second kappa shape index (κ2) is 10.5. The summed E-state index contributed by atoms with van der Waals surface area (Å²) in [5.41, 5.74) is 0.652. The fraction of sp³-hybridized carbons (Fsp3) is 0.143. The van der Waals surface area contributed by atoms with Gasteiger partial charge in [-0.15, -0.1) is 0 Å². The van der Waals surface area contributed by atoms with Crippen LogP contribution in [-0.4, -0.2) is 31.1 Å². The highest BCUT2D eigenvalue weighted by molar-refractivity contribution is 7.78. The van der Waals surface area contributed by atoms with Gasteiger partial charge in [0.1, 0.15) is 0 Å². The van der Waals surface area contributed by atoms with Crippen LogP contribution >= 0.6 is 47.6 Å². The molecular weight excluding hydrogens is 511 g/mol. The average Bonchev–Trinajstić information content (AvgIpc) is 2.76. The van der Waals surface area contributed by atoms with Gasteiger partial charge in [0.05, 0.1) is 11.3 Å². The molecular formula is C21H17Cl3N4O4S. The second-order valence-electron chi connectivity index (χ2n) is 6.91. The van der Waals surface area contributed by atoms with E-state index in [1.165, 1.54) is 18.2 Å². The van der Waals surface area contributed by atoms with Gasteiger partial charge >= 0.3 is 6.03 Å². The smallest absolute Gasteiger partial charge is 0.331 e. The molecule has 0 radical (unpaired) electrons. The number of carbonyl (C=O) groups excluding carboxylic acids is 2. The zero-order valence-corrected chi connectivity index (χ0v) is 19.9. The quantitative estimate of drug-likeness (QED) is 0.130. The predicted octanol–water partition coefficient (Wildman–Crippen LogP) is 5.48. The van der Waals surface area contributed by atoms with E-state index in [1.54, 1.807) is 6.07 Å². The highest BCUT2D eigenvalue weighted by Crippen LogP contribution is 2.33. The Morgan fingerprint density at radius 2 is 1.73 bits per heavy atom. The number of hydrogen-bond acceptors (Lipinski definition) is 5. The Balaban J connectivity index is 1.75. The summed E-state index contributed by atoms with van der Waals surface area (Å²) in [5, 5.41) is 17.7. The number of anilines is 1. The Morgan fingerprint density at radius 3 is 2.42 bits per heavy atom. The van der Waals surface area contributed by atoms with Gasteiger partial charge < -0.3 is 10.6 Å². The molecule has 8 nitrogen and oxygen atoms in total. The number of amides is 3. The summed E-state index contributed by atoms with van der Waals surface area (Å²) in [6.45, 7) is 0. The summed E-state index contributed by atoms with van der Waals surface area (Å²) < 4.78 is -1.43. The molecule has 0 heterocycles. The monoisotopic (exact) mass is 526 g/mol. The van der Waals surface area contributed by atoms with E-state index < -0.39 is 26.8 Å². The number of nitro groups is 1. The number of carbonyl (C=O) groups is 2. The lowest BCUT2D eigenvalue weighted by molar-refractivity contribution is -0.384. The molecule has 1 unspecified atom stereocenters. The lowest BCUT2D eigenvalue weighted by atomic mass is 10.0. The normalized spacial score (nSPS) is 12.1. The number of benzene rings is 3. The number of hydrogen-bond donors (Lipinski definition) is 3. The van der Waals surface area contributed by atoms with Crippen molar-refractivity contribution in [2.45, 2.75) is 16.4 Å². The number of rotatable bonds is 6. The maximum Gasteiger partial charge on any atom is 0.333 e. The third-order valence-electron chi connectivity index (χ3n) is 4.60. The van der Waals surface area contributed by atoms with Gasteiger partial charge in [0, 0.05) is 17.8 Å². The third kappa shape index (κ3) is 6.42. The summed E-state index contributed by atoms with van der Waals surface area (Å²) in [4.78, 5) is 35.7. The number of nitrogens with zero attached hydrogens (tertiary/aromatic N) is 2. The van der Waals surface area contributed by atoms with Crippen LogP contribution in [0.1, 0.15) is 5.56 Å². The Morgan fingerprint density at radius 1 is 1.06 bits per heavy atom. The minimum absolute atomic E-state index is 0.0350. The van der Waals surface area contributed by atoms with E-state index in [1.807, 2.05) is 36.4 Å². The van der Waals surface area contributed by atoms with Crippen LogP contribution in [0.4, 0.5) is 16.2 Å². The minimum Gasteiger partial charge on any atom is -0.331 e. The van der Waals surface area contributed by atoms with E-state index in [0.717, 1.165) is 22.4 Å². The van der Waals surface area contributed by atoms with Crippen molar-refractivity contribution >= 4 is 81.7 Å². The van der Waals surface area contributed by atoms with Crippen LogP contribution in [0, 0.1) is 10.1 Å². The summed E-state index contributed by atoms with van der Waals surface area (Å²) >= 11 is 22.1. The third-order valence-corrected chi connectivity index (χ3v) is 5.63. The van der Waals surface area contributed by atoms with Gasteiger partial charge in [-0.05, 0) is 22.4 Å². The number of nitrogens with one attached hydrogen (secondary N) is 2. The van der Waals surface area contributed by atoms with Crippen LogP contribution in [0.15, 0.2) is 66.7 Å². The van der Waals surface area contributed by atoms with Crippen LogP contribution in [0.3, 0.4) is 0 Å². The van der Waals surface area contributed by atoms with E-state index >= 15 is 0 Å². The lowest BCUT2D eigenvalue weighted by Gasteiger charge is -2.32. The van der Waals surface area contributed by atoms with Crippen molar-refractivity contribution in [3.63, 3.8) is 0 Å². The Kier molecular flexibility index (Phi) is 7.91. The molecule has 0 aliphatic carbocycles. The van der Waals surface area contributed by atoms with Crippen molar-refractivity contribution in [2.24, 2.45) is 0 Å². The molecule has 33 heavy (non-hydrogen) atoms. The largest absolute Gasteiger partial charge is 0.333 e. The molecule has 12 heteroatoms. The Hall–Kier alpha value is -2.72. The molecule has 0 saturated carbocycles. The van der Waals surface area contributed by atoms with Crippen molar-refractivity contribution in [3.8, 4) is 0 Å². The fourth-order valence-corrected chi connectivity index (χ4v) is 4.04. The van der Waals surface area contributed by atoms with Crippen molar-refractivity contribution < 1.29 is 14.5 Å². The SMILES string of the molecule is O=C(Cc1cccc2ccccc12)NC(N(S)C(=O)Nc1cccc([N+](=O)[O-])c1)C(Cl)(Cl)Cl. The molecule has 2 N–H and O–H groups in total. The van der Waals surface area contributed by atoms with Gasteiger partial charge in [0.15, 0.2) is 6.17 Å². The molecule has 0 spiro atoms. The van der Waals surface area contributed by atoms with Crippen LogP contribution in [0.25, 0.3) is 10.8 Å². The first-order valence-corrected chi connectivity index (χ1v) is 11.0. The van der Waals surface area contributed by atoms with E-state index in [2.05, 4.69) is 23.4 Å². The highest BCUT2D eigenvalue weighted by atomic mass is 35.6. The Bertz CT molecular complexity index is 1200. The molecule has 3 aromatic rings. The molecule has 0 aliphatic heterocycles. The molecule has 0 saturated heterocycles. The first-order chi connectivity index (χ1) is 15.6. The molecule has 0 bridgehead atoms. The number of fused-ring (bicyclic) bond motifs is 1. The van der Waals surface area contributed by atoms with Crippen molar-refractivity contribution in [2.75, 3.05) is 5.32 Å². The molecule has 3 amide bonds. The molecule has 0 aromatic heterocycles. The number of nitro benzene ring substituents is 1. The van der Waals surface area contributed by atoms with Crippen molar-refractivity contribution in [1.82, 2.24) is 9.62 Å². The first kappa shape index (κ1) is 24.9. The summed E-state index contributed by atoms with van der Waals surface area (Å²) in [6.07, 6.45) is -1.49. The van der Waals surface area contributed by atoms with E-state index in [-0.39, 0.29) is 17.8 Å². The van der Waals surface area contributed by atoms with Gasteiger partial charge in [0.2, 0.25) is 9.70 Å². The van der Waals surface area contributed by atoms with Gasteiger partial charge in [-0.25, -0.2) is 9.10 Å². The first-order valence-electron chi connectivity index (χ1n) is 9.42.